The molecule has 0 atom stereocenters. The monoisotopic (exact) mass is 491 g/mol. The summed E-state index contributed by atoms with van der Waals surface area (Å²) in [6.07, 6.45) is 1.99. The van der Waals surface area contributed by atoms with Crippen LogP contribution in [0.4, 0.5) is 11.4 Å². The fourth-order valence-electron chi connectivity index (χ4n) is 4.63. The predicted molar refractivity (Wildman–Crippen MR) is 147 cm³/mol. The molecule has 2 aromatic rings. The van der Waals surface area contributed by atoms with E-state index in [0.717, 1.165) is 29.7 Å². The van der Waals surface area contributed by atoms with Gasteiger partial charge >= 0.3 is 0 Å². The number of amides is 2. The highest BCUT2D eigenvalue weighted by Crippen LogP contribution is 2.30. The fraction of sp³-hybridized carbons (Fsp3) is 0.483. The van der Waals surface area contributed by atoms with E-state index in [1.54, 1.807) is 12.1 Å². The Labute approximate surface area is 216 Å². The van der Waals surface area contributed by atoms with Crippen molar-refractivity contribution in [3.8, 4) is 0 Å². The summed E-state index contributed by atoms with van der Waals surface area (Å²) in [5.74, 6) is 0.406. The molecule has 2 amide bonds. The lowest BCUT2D eigenvalue weighted by molar-refractivity contribution is -0.145. The van der Waals surface area contributed by atoms with Gasteiger partial charge in [-0.05, 0) is 54.9 Å². The maximum atomic E-state index is 13.4. The molecule has 7 nitrogen and oxygen atoms in total. The van der Waals surface area contributed by atoms with Crippen LogP contribution in [0, 0.1) is 26.3 Å². The van der Waals surface area contributed by atoms with Crippen LogP contribution in [0.15, 0.2) is 36.4 Å². The second kappa shape index (κ2) is 13.1. The Bertz CT molecular complexity index is 1060. The number of hydrazine groups is 1. The van der Waals surface area contributed by atoms with Gasteiger partial charge in [0.2, 0.25) is 5.91 Å². The number of nitrogens with one attached hydrogen (secondary N) is 1. The van der Waals surface area contributed by atoms with E-state index < -0.39 is 0 Å². The minimum Gasteiger partial charge on any atom is -0.355 e. The van der Waals surface area contributed by atoms with Crippen molar-refractivity contribution in [2.45, 2.75) is 61.1 Å². The summed E-state index contributed by atoms with van der Waals surface area (Å²) in [4.78, 5) is 31.6. The van der Waals surface area contributed by atoms with Crippen molar-refractivity contribution in [1.82, 2.24) is 15.3 Å². The Hall–Kier alpha value is -3.37. The van der Waals surface area contributed by atoms with Gasteiger partial charge in [0, 0.05) is 32.4 Å². The summed E-state index contributed by atoms with van der Waals surface area (Å²) < 4.78 is 0. The van der Waals surface area contributed by atoms with Crippen molar-refractivity contribution in [2.24, 2.45) is 5.92 Å². The van der Waals surface area contributed by atoms with E-state index >= 15 is 0 Å². The maximum Gasteiger partial charge on any atom is 0.256 e. The van der Waals surface area contributed by atoms with E-state index in [0.29, 0.717) is 31.2 Å². The number of nitrogens with zero attached hydrogens (tertiary/aromatic N) is 4. The standard InChI is InChI=1S/C28H37N5O2.CH4/c1-20(2)10-9-13-30-26(34)18-32(28-21(3)14-25(29-5)15-22(28)4)19-27(35)31(6)33-16-23-11-7-8-12-24(23)17-33;/h7-8,11-12,14-15,20H,9-10,13,16-19H2,1-4,6H3,(H,30,34);1H4. The molecule has 1 aliphatic heterocycles. The van der Waals surface area contributed by atoms with Gasteiger partial charge < -0.3 is 10.2 Å². The van der Waals surface area contributed by atoms with Gasteiger partial charge in [-0.15, -0.1) is 0 Å². The molecule has 1 aliphatic rings. The van der Waals surface area contributed by atoms with E-state index in [9.17, 15) is 9.59 Å². The third-order valence-electron chi connectivity index (χ3n) is 6.47. The summed E-state index contributed by atoms with van der Waals surface area (Å²) >= 11 is 0. The number of aryl methyl sites for hydroxylation is 2. The van der Waals surface area contributed by atoms with Gasteiger partial charge in [0.1, 0.15) is 0 Å². The number of rotatable bonds is 10. The van der Waals surface area contributed by atoms with Crippen molar-refractivity contribution in [3.05, 3.63) is 70.1 Å². The average molecular weight is 492 g/mol. The number of hydrogen-bond donors (Lipinski definition) is 1. The van der Waals surface area contributed by atoms with Crippen LogP contribution in [0.25, 0.3) is 4.85 Å². The van der Waals surface area contributed by atoms with Gasteiger partial charge in [-0.3, -0.25) is 14.6 Å². The first-order valence-corrected chi connectivity index (χ1v) is 12.3. The van der Waals surface area contributed by atoms with Crippen molar-refractivity contribution in [2.75, 3.05) is 31.6 Å². The lowest BCUT2D eigenvalue weighted by Crippen LogP contribution is -2.48. The smallest absolute Gasteiger partial charge is 0.256 e. The number of benzene rings is 2. The van der Waals surface area contributed by atoms with Crippen LogP contribution in [-0.2, 0) is 22.7 Å². The largest absolute Gasteiger partial charge is 0.355 e. The molecule has 0 fully saturated rings. The fourth-order valence-corrected chi connectivity index (χ4v) is 4.63. The van der Waals surface area contributed by atoms with Gasteiger partial charge in [0.05, 0.1) is 19.7 Å². The molecule has 0 spiro atoms. The van der Waals surface area contributed by atoms with E-state index in [1.165, 1.54) is 11.1 Å². The Morgan fingerprint density at radius 3 is 2.19 bits per heavy atom. The molecule has 36 heavy (non-hydrogen) atoms. The van der Waals surface area contributed by atoms with Crippen LogP contribution in [0.1, 0.15) is 56.4 Å². The second-order valence-corrected chi connectivity index (χ2v) is 9.79. The first-order valence-electron chi connectivity index (χ1n) is 12.3. The number of anilines is 1. The molecular weight excluding hydrogens is 450 g/mol. The van der Waals surface area contributed by atoms with Crippen LogP contribution in [-0.4, -0.2) is 48.5 Å². The Morgan fingerprint density at radius 2 is 1.67 bits per heavy atom. The number of carbonyl (C=O) groups excluding carboxylic acids is 2. The molecule has 1 heterocycles. The molecule has 0 saturated heterocycles. The lowest BCUT2D eigenvalue weighted by Gasteiger charge is -2.32. The van der Waals surface area contributed by atoms with Crippen molar-refractivity contribution < 1.29 is 9.59 Å². The van der Waals surface area contributed by atoms with E-state index in [4.69, 9.17) is 6.57 Å². The van der Waals surface area contributed by atoms with Gasteiger partial charge in [-0.2, -0.15) is 0 Å². The van der Waals surface area contributed by atoms with Crippen LogP contribution >= 0.6 is 0 Å². The minimum atomic E-state index is -0.106. The highest BCUT2D eigenvalue weighted by molar-refractivity contribution is 5.87. The highest BCUT2D eigenvalue weighted by Gasteiger charge is 2.27. The Kier molecular flexibility index (Phi) is 10.5. The molecule has 0 unspecified atom stereocenters. The molecule has 1 N–H and O–H groups in total. The molecular formula is C29H41N5O2. The zero-order chi connectivity index (χ0) is 25.5. The number of fused-ring (bicyclic) bond motifs is 1. The molecule has 0 bridgehead atoms. The van der Waals surface area contributed by atoms with Gasteiger partial charge in [-0.25, -0.2) is 9.85 Å². The number of carbonyl (C=O) groups is 2. The molecule has 0 radical (unpaired) electrons. The topological polar surface area (TPSA) is 60.3 Å². The highest BCUT2D eigenvalue weighted by atomic mass is 16.2. The van der Waals surface area contributed by atoms with Crippen molar-refractivity contribution in [1.29, 1.82) is 0 Å². The maximum absolute atomic E-state index is 13.4. The summed E-state index contributed by atoms with van der Waals surface area (Å²) in [6, 6.07) is 11.8. The number of hydrogen-bond acceptors (Lipinski definition) is 4. The van der Waals surface area contributed by atoms with Crippen LogP contribution < -0.4 is 10.2 Å². The van der Waals surface area contributed by atoms with Crippen LogP contribution in [0.5, 0.6) is 0 Å². The third kappa shape index (κ3) is 7.32. The number of likely N-dealkylation sites (N-methyl/N-ethyl adjacent to an activating group) is 1. The first-order chi connectivity index (χ1) is 16.7. The van der Waals surface area contributed by atoms with Gasteiger partial charge in [-0.1, -0.05) is 57.7 Å². The summed E-state index contributed by atoms with van der Waals surface area (Å²) in [6.45, 7) is 17.7. The Morgan fingerprint density at radius 1 is 1.08 bits per heavy atom. The van der Waals surface area contributed by atoms with Crippen molar-refractivity contribution in [3.63, 3.8) is 0 Å². The van der Waals surface area contributed by atoms with E-state index in [1.807, 2.05) is 48.0 Å². The minimum absolute atomic E-state index is 0. The quantitative estimate of drug-likeness (QED) is 0.365. The second-order valence-electron chi connectivity index (χ2n) is 9.79. The molecule has 2 aromatic carbocycles. The van der Waals surface area contributed by atoms with Crippen LogP contribution in [0.3, 0.4) is 0 Å². The molecule has 7 heteroatoms. The third-order valence-corrected chi connectivity index (χ3v) is 6.47. The first kappa shape index (κ1) is 28.9. The molecule has 0 aliphatic carbocycles. The zero-order valence-corrected chi connectivity index (χ0v) is 21.6. The molecule has 0 aromatic heterocycles. The average Bonchev–Trinajstić information content (AvgIpc) is 3.24. The van der Waals surface area contributed by atoms with E-state index in [-0.39, 0.29) is 32.3 Å². The molecule has 0 saturated carbocycles. The van der Waals surface area contributed by atoms with Crippen LogP contribution in [0.2, 0.25) is 0 Å². The van der Waals surface area contributed by atoms with E-state index in [2.05, 4.69) is 36.1 Å². The molecule has 3 rings (SSSR count). The lowest BCUT2D eigenvalue weighted by atomic mass is 10.1. The zero-order valence-electron chi connectivity index (χ0n) is 21.6. The summed E-state index contributed by atoms with van der Waals surface area (Å²) in [5, 5.41) is 6.70. The summed E-state index contributed by atoms with van der Waals surface area (Å²) in [5.41, 5.74) is 5.61. The van der Waals surface area contributed by atoms with Gasteiger partial charge in [0.25, 0.3) is 5.91 Å². The predicted octanol–water partition coefficient (Wildman–Crippen LogP) is 5.24. The van der Waals surface area contributed by atoms with Crippen molar-refractivity contribution >= 4 is 23.2 Å². The SMILES string of the molecule is C.[C-]#[N+]c1cc(C)c(N(CC(=O)NCCCC(C)C)CC(=O)N(C)N2Cc3ccccc3C2)c(C)c1. The molecule has 194 valence electrons. The summed E-state index contributed by atoms with van der Waals surface area (Å²) in [7, 11) is 1.79. The van der Waals surface area contributed by atoms with Gasteiger partial charge in [0.15, 0.2) is 5.69 Å². The normalized spacial score (nSPS) is 12.5. The Balaban J connectivity index is 0.00000456.